The van der Waals surface area contributed by atoms with Crippen LogP contribution >= 0.6 is 0 Å². The Morgan fingerprint density at radius 1 is 1.20 bits per heavy atom. The van der Waals surface area contributed by atoms with Crippen molar-refractivity contribution in [2.24, 2.45) is 5.92 Å². The van der Waals surface area contributed by atoms with Crippen molar-refractivity contribution in [3.8, 4) is 0 Å². The van der Waals surface area contributed by atoms with E-state index in [4.69, 9.17) is 9.66 Å². The lowest BCUT2D eigenvalue weighted by Gasteiger charge is -2.18. The van der Waals surface area contributed by atoms with Crippen LogP contribution in [0.15, 0.2) is 0 Å². The van der Waals surface area contributed by atoms with E-state index in [1.807, 2.05) is 13.8 Å². The average Bonchev–Trinajstić information content (AvgIpc) is 1.95. The van der Waals surface area contributed by atoms with Gasteiger partial charge >= 0.3 is 10.4 Å². The van der Waals surface area contributed by atoms with Gasteiger partial charge in [0.1, 0.15) is 0 Å². The second kappa shape index (κ2) is 6.42. The van der Waals surface area contributed by atoms with Crippen LogP contribution in [0.25, 0.3) is 0 Å². The van der Waals surface area contributed by atoms with Gasteiger partial charge in [-0.3, -0.25) is 4.55 Å². The summed E-state index contributed by atoms with van der Waals surface area (Å²) in [5, 5.41) is 9.07. The van der Waals surface area contributed by atoms with Gasteiger partial charge in [0.05, 0.1) is 12.2 Å². The highest BCUT2D eigenvalue weighted by Crippen LogP contribution is 2.16. The summed E-state index contributed by atoms with van der Waals surface area (Å²) in [4.78, 5) is 0. The van der Waals surface area contributed by atoms with Crippen LogP contribution in [0.1, 0.15) is 40.0 Å². The first kappa shape index (κ1) is 14.8. The minimum atomic E-state index is -4.40. The highest BCUT2D eigenvalue weighted by molar-refractivity contribution is 7.80. The Hall–Kier alpha value is -0.170. The molecule has 0 saturated carbocycles. The van der Waals surface area contributed by atoms with Crippen LogP contribution in [-0.2, 0) is 14.6 Å². The standard InChI is InChI=1S/C9H20O5S/c1-7(2)6-9(5-4-8(3)10)14-15(11,12)13/h7-10H,4-6H2,1-3H3,(H,11,12,13)/t8-,9+/m0/s1. The Morgan fingerprint density at radius 3 is 2.07 bits per heavy atom. The summed E-state index contributed by atoms with van der Waals surface area (Å²) in [5.41, 5.74) is 0. The van der Waals surface area contributed by atoms with E-state index in [0.29, 0.717) is 19.3 Å². The number of aliphatic hydroxyl groups excluding tert-OH is 1. The first-order chi connectivity index (χ1) is 6.70. The van der Waals surface area contributed by atoms with E-state index < -0.39 is 22.6 Å². The monoisotopic (exact) mass is 240 g/mol. The van der Waals surface area contributed by atoms with Gasteiger partial charge in [-0.1, -0.05) is 13.8 Å². The van der Waals surface area contributed by atoms with Gasteiger partial charge in [-0.05, 0) is 32.1 Å². The number of hydrogen-bond donors (Lipinski definition) is 2. The van der Waals surface area contributed by atoms with E-state index in [1.54, 1.807) is 6.92 Å². The van der Waals surface area contributed by atoms with E-state index in [-0.39, 0.29) is 5.92 Å². The van der Waals surface area contributed by atoms with Crippen molar-refractivity contribution in [2.45, 2.75) is 52.2 Å². The lowest BCUT2D eigenvalue weighted by molar-refractivity contribution is 0.117. The molecule has 0 spiro atoms. The molecule has 0 heterocycles. The van der Waals surface area contributed by atoms with Crippen LogP contribution < -0.4 is 0 Å². The maximum absolute atomic E-state index is 10.5. The molecular weight excluding hydrogens is 220 g/mol. The predicted octanol–water partition coefficient (Wildman–Crippen LogP) is 1.38. The molecule has 15 heavy (non-hydrogen) atoms. The smallest absolute Gasteiger partial charge is 0.393 e. The molecule has 92 valence electrons. The van der Waals surface area contributed by atoms with Crippen molar-refractivity contribution >= 4 is 10.4 Å². The summed E-state index contributed by atoms with van der Waals surface area (Å²) >= 11 is 0. The topological polar surface area (TPSA) is 83.8 Å². The molecule has 0 aromatic carbocycles. The third kappa shape index (κ3) is 10.1. The van der Waals surface area contributed by atoms with Crippen molar-refractivity contribution in [1.29, 1.82) is 0 Å². The molecule has 0 aromatic heterocycles. The lowest BCUT2D eigenvalue weighted by atomic mass is 10.0. The first-order valence-corrected chi connectivity index (χ1v) is 6.41. The minimum Gasteiger partial charge on any atom is -0.393 e. The van der Waals surface area contributed by atoms with Gasteiger partial charge in [0.25, 0.3) is 0 Å². The largest absolute Gasteiger partial charge is 0.397 e. The summed E-state index contributed by atoms with van der Waals surface area (Å²) in [6.45, 7) is 5.49. The van der Waals surface area contributed by atoms with Crippen LogP contribution in [0, 0.1) is 5.92 Å². The Morgan fingerprint density at radius 2 is 1.73 bits per heavy atom. The fourth-order valence-corrected chi connectivity index (χ4v) is 1.85. The van der Waals surface area contributed by atoms with Crippen LogP contribution in [-0.4, -0.2) is 30.3 Å². The molecule has 0 fully saturated rings. The Labute approximate surface area is 91.4 Å². The molecule has 5 nitrogen and oxygen atoms in total. The molecule has 0 aliphatic carbocycles. The van der Waals surface area contributed by atoms with Crippen LogP contribution in [0.5, 0.6) is 0 Å². The fraction of sp³-hybridized carbons (Fsp3) is 1.00. The molecule has 0 aliphatic rings. The normalized spacial score (nSPS) is 16.7. The van der Waals surface area contributed by atoms with Gasteiger partial charge in [-0.15, -0.1) is 0 Å². The molecule has 0 unspecified atom stereocenters. The predicted molar refractivity (Wildman–Crippen MR) is 56.8 cm³/mol. The Kier molecular flexibility index (Phi) is 6.35. The van der Waals surface area contributed by atoms with Gasteiger partial charge in [-0.2, -0.15) is 8.42 Å². The summed E-state index contributed by atoms with van der Waals surface area (Å²) in [6, 6.07) is 0. The SMILES string of the molecule is CC(C)C[C@@H](CC[C@H](C)O)OS(=O)(=O)O. The number of rotatable bonds is 7. The third-order valence-corrected chi connectivity index (χ3v) is 2.41. The van der Waals surface area contributed by atoms with Crippen LogP contribution in [0.4, 0.5) is 0 Å². The third-order valence-electron chi connectivity index (χ3n) is 1.90. The van der Waals surface area contributed by atoms with Crippen LogP contribution in [0.3, 0.4) is 0 Å². The van der Waals surface area contributed by atoms with E-state index in [0.717, 1.165) is 0 Å². The minimum absolute atomic E-state index is 0.269. The van der Waals surface area contributed by atoms with Gasteiger partial charge in [0, 0.05) is 0 Å². The highest BCUT2D eigenvalue weighted by Gasteiger charge is 2.18. The van der Waals surface area contributed by atoms with Crippen molar-refractivity contribution in [2.75, 3.05) is 0 Å². The van der Waals surface area contributed by atoms with Gasteiger partial charge in [0.2, 0.25) is 0 Å². The molecule has 0 amide bonds. The van der Waals surface area contributed by atoms with E-state index in [1.165, 1.54) is 0 Å². The zero-order valence-electron chi connectivity index (χ0n) is 9.38. The quantitative estimate of drug-likeness (QED) is 0.657. The van der Waals surface area contributed by atoms with Crippen molar-refractivity contribution < 1.29 is 22.3 Å². The molecule has 0 aliphatic heterocycles. The maximum atomic E-state index is 10.5. The molecule has 0 saturated heterocycles. The first-order valence-electron chi connectivity index (χ1n) is 5.04. The van der Waals surface area contributed by atoms with Gasteiger partial charge in [0.15, 0.2) is 0 Å². The second-order valence-electron chi connectivity index (χ2n) is 4.20. The van der Waals surface area contributed by atoms with Gasteiger partial charge in [-0.25, -0.2) is 4.18 Å². The van der Waals surface area contributed by atoms with Crippen molar-refractivity contribution in [3.05, 3.63) is 0 Å². The molecule has 0 aromatic rings. The summed E-state index contributed by atoms with van der Waals surface area (Å²) < 4.78 is 34.1. The average molecular weight is 240 g/mol. The molecular formula is C9H20O5S. The molecule has 0 bridgehead atoms. The number of aliphatic hydroxyl groups is 1. The molecule has 0 rings (SSSR count). The summed E-state index contributed by atoms with van der Waals surface area (Å²) in [6.07, 6.45) is 0.342. The van der Waals surface area contributed by atoms with Crippen molar-refractivity contribution in [1.82, 2.24) is 0 Å². The van der Waals surface area contributed by atoms with Crippen molar-refractivity contribution in [3.63, 3.8) is 0 Å². The van der Waals surface area contributed by atoms with Crippen LogP contribution in [0.2, 0.25) is 0 Å². The Balaban J connectivity index is 4.19. The second-order valence-corrected chi connectivity index (χ2v) is 5.25. The molecule has 2 atom stereocenters. The fourth-order valence-electron chi connectivity index (χ4n) is 1.33. The Bertz CT molecular complexity index is 258. The van der Waals surface area contributed by atoms with Gasteiger partial charge < -0.3 is 5.11 Å². The molecule has 0 radical (unpaired) electrons. The number of hydrogen-bond acceptors (Lipinski definition) is 4. The van der Waals surface area contributed by atoms with E-state index in [2.05, 4.69) is 4.18 Å². The van der Waals surface area contributed by atoms with E-state index >= 15 is 0 Å². The van der Waals surface area contributed by atoms with E-state index in [9.17, 15) is 8.42 Å². The summed E-state index contributed by atoms with van der Waals surface area (Å²) in [5.74, 6) is 0.269. The molecule has 6 heteroatoms. The zero-order chi connectivity index (χ0) is 12.1. The zero-order valence-corrected chi connectivity index (χ0v) is 10.2. The lowest BCUT2D eigenvalue weighted by Crippen LogP contribution is -2.21. The highest BCUT2D eigenvalue weighted by atomic mass is 32.3. The maximum Gasteiger partial charge on any atom is 0.397 e. The summed E-state index contributed by atoms with van der Waals surface area (Å²) in [7, 11) is -4.40. The molecule has 2 N–H and O–H groups in total.